The highest BCUT2D eigenvalue weighted by molar-refractivity contribution is 8.13. The third kappa shape index (κ3) is 2.72. The maximum atomic E-state index is 10.8. The number of rotatable bonds is 4. The average molecular weight is 266 g/mol. The maximum absolute atomic E-state index is 10.8. The van der Waals surface area contributed by atoms with Gasteiger partial charge in [-0.3, -0.25) is 9.89 Å². The van der Waals surface area contributed by atoms with E-state index in [0.717, 1.165) is 22.7 Å². The molecule has 0 spiro atoms. The number of nitrogens with zero attached hydrogens (tertiary/aromatic N) is 1. The molecule has 0 aliphatic rings. The van der Waals surface area contributed by atoms with Crippen LogP contribution in [0.15, 0.2) is 24.4 Å². The van der Waals surface area contributed by atoms with Crippen LogP contribution in [0.2, 0.25) is 0 Å². The van der Waals surface area contributed by atoms with Crippen molar-refractivity contribution in [1.82, 2.24) is 10.2 Å². The van der Waals surface area contributed by atoms with Crippen LogP contribution < -0.4 is 0 Å². The van der Waals surface area contributed by atoms with Crippen LogP contribution in [-0.2, 0) is 4.79 Å². The number of carbonyl (C=O) groups excluding carboxylic acids is 1. The Morgan fingerprint density at radius 1 is 1.50 bits per heavy atom. The van der Waals surface area contributed by atoms with Gasteiger partial charge in [-0.15, -0.1) is 0 Å². The molecule has 96 valence electrons. The molecule has 18 heavy (non-hydrogen) atoms. The average Bonchev–Trinajstić information content (AvgIpc) is 2.82. The number of nitrogens with one attached hydrogen (secondary N) is 1. The molecule has 2 aromatic rings. The van der Waals surface area contributed by atoms with Crippen LogP contribution in [0.4, 0.5) is 0 Å². The summed E-state index contributed by atoms with van der Waals surface area (Å²) in [5, 5.41) is 27.4. The van der Waals surface area contributed by atoms with Gasteiger partial charge in [-0.1, -0.05) is 23.9 Å². The molecule has 0 fully saturated rings. The van der Waals surface area contributed by atoms with E-state index in [4.69, 9.17) is 0 Å². The molecule has 2 unspecified atom stereocenters. The lowest BCUT2D eigenvalue weighted by Crippen LogP contribution is -2.21. The quantitative estimate of drug-likeness (QED) is 0.775. The van der Waals surface area contributed by atoms with E-state index < -0.39 is 12.2 Å². The SMILES string of the molecule is CC(=O)SCC(O)C(O)c1cccc2[nH]ncc12. The predicted molar refractivity (Wildman–Crippen MR) is 70.2 cm³/mol. The molecule has 0 radical (unpaired) electrons. The standard InChI is InChI=1S/C12H14N2O3S/c1-7(15)18-6-11(16)12(17)8-3-2-4-10-9(8)5-13-14-10/h2-5,11-12,16-17H,6H2,1H3,(H,13,14). The van der Waals surface area contributed by atoms with Crippen molar-refractivity contribution in [3.63, 3.8) is 0 Å². The molecule has 3 N–H and O–H groups in total. The van der Waals surface area contributed by atoms with E-state index in [9.17, 15) is 15.0 Å². The van der Waals surface area contributed by atoms with Crippen molar-refractivity contribution in [3.8, 4) is 0 Å². The van der Waals surface area contributed by atoms with Crippen molar-refractivity contribution >= 4 is 27.8 Å². The molecule has 1 aromatic heterocycles. The van der Waals surface area contributed by atoms with E-state index in [1.165, 1.54) is 6.92 Å². The van der Waals surface area contributed by atoms with Crippen LogP contribution in [0.3, 0.4) is 0 Å². The monoisotopic (exact) mass is 266 g/mol. The highest BCUT2D eigenvalue weighted by Gasteiger charge is 2.21. The maximum Gasteiger partial charge on any atom is 0.185 e. The van der Waals surface area contributed by atoms with Crippen molar-refractivity contribution in [2.75, 3.05) is 5.75 Å². The molecule has 0 saturated heterocycles. The smallest absolute Gasteiger partial charge is 0.185 e. The second-order valence-electron chi connectivity index (χ2n) is 3.99. The van der Waals surface area contributed by atoms with Gasteiger partial charge in [0.15, 0.2) is 5.12 Å². The first kappa shape index (κ1) is 13.1. The van der Waals surface area contributed by atoms with Crippen molar-refractivity contribution in [2.45, 2.75) is 19.1 Å². The first-order chi connectivity index (χ1) is 8.59. The molecule has 0 amide bonds. The highest BCUT2D eigenvalue weighted by atomic mass is 32.2. The minimum absolute atomic E-state index is 0.0808. The largest absolute Gasteiger partial charge is 0.389 e. The number of hydrogen-bond acceptors (Lipinski definition) is 5. The number of aromatic amines is 1. The van der Waals surface area contributed by atoms with Crippen molar-refractivity contribution in [3.05, 3.63) is 30.0 Å². The third-order valence-electron chi connectivity index (χ3n) is 2.66. The molecule has 0 bridgehead atoms. The van der Waals surface area contributed by atoms with E-state index in [0.29, 0.717) is 5.56 Å². The fraction of sp³-hybridized carbons (Fsp3) is 0.333. The number of H-pyrrole nitrogens is 1. The summed E-state index contributed by atoms with van der Waals surface area (Å²) in [6.07, 6.45) is -0.406. The van der Waals surface area contributed by atoms with Gasteiger partial charge in [-0.25, -0.2) is 0 Å². The number of carbonyl (C=O) groups is 1. The molecule has 2 atom stereocenters. The Morgan fingerprint density at radius 3 is 3.00 bits per heavy atom. The number of hydrogen-bond donors (Lipinski definition) is 3. The van der Waals surface area contributed by atoms with Gasteiger partial charge in [0.2, 0.25) is 0 Å². The zero-order chi connectivity index (χ0) is 13.1. The Morgan fingerprint density at radius 2 is 2.28 bits per heavy atom. The minimum atomic E-state index is -1.03. The van der Waals surface area contributed by atoms with Crippen LogP contribution in [0, 0.1) is 0 Å². The number of aliphatic hydroxyl groups excluding tert-OH is 2. The number of thioether (sulfide) groups is 1. The molecule has 0 aliphatic carbocycles. The summed E-state index contributed by atoms with van der Waals surface area (Å²) in [5.74, 6) is 0.171. The van der Waals surface area contributed by atoms with Gasteiger partial charge in [0.1, 0.15) is 6.10 Å². The fourth-order valence-electron chi connectivity index (χ4n) is 1.75. The number of benzene rings is 1. The summed E-state index contributed by atoms with van der Waals surface area (Å²) in [7, 11) is 0. The summed E-state index contributed by atoms with van der Waals surface area (Å²) in [4.78, 5) is 10.8. The number of aliphatic hydroxyl groups is 2. The van der Waals surface area contributed by atoms with E-state index in [-0.39, 0.29) is 10.9 Å². The van der Waals surface area contributed by atoms with Crippen molar-refractivity contribution in [1.29, 1.82) is 0 Å². The van der Waals surface area contributed by atoms with Crippen LogP contribution in [0.1, 0.15) is 18.6 Å². The first-order valence-electron chi connectivity index (χ1n) is 5.51. The van der Waals surface area contributed by atoms with E-state index in [1.807, 2.05) is 6.07 Å². The Kier molecular flexibility index (Phi) is 4.00. The zero-order valence-electron chi connectivity index (χ0n) is 9.83. The van der Waals surface area contributed by atoms with Crippen molar-refractivity contribution in [2.24, 2.45) is 0 Å². The minimum Gasteiger partial charge on any atom is -0.389 e. The highest BCUT2D eigenvalue weighted by Crippen LogP contribution is 2.26. The Balaban J connectivity index is 2.19. The Bertz CT molecular complexity index is 555. The molecule has 0 saturated carbocycles. The second-order valence-corrected chi connectivity index (χ2v) is 5.19. The van der Waals surface area contributed by atoms with Crippen LogP contribution >= 0.6 is 11.8 Å². The van der Waals surface area contributed by atoms with Gasteiger partial charge in [-0.05, 0) is 11.6 Å². The fourth-order valence-corrected chi connectivity index (χ4v) is 2.34. The van der Waals surface area contributed by atoms with Gasteiger partial charge in [0.05, 0.1) is 17.8 Å². The lowest BCUT2D eigenvalue weighted by molar-refractivity contribution is -0.109. The van der Waals surface area contributed by atoms with Gasteiger partial charge >= 0.3 is 0 Å². The molecule has 0 aliphatic heterocycles. The Hall–Kier alpha value is -1.37. The van der Waals surface area contributed by atoms with E-state index in [1.54, 1.807) is 18.3 Å². The molecule has 1 aromatic carbocycles. The molecular formula is C12H14N2O3S. The number of fused-ring (bicyclic) bond motifs is 1. The molecular weight excluding hydrogens is 252 g/mol. The molecule has 1 heterocycles. The van der Waals surface area contributed by atoms with Crippen LogP contribution in [0.25, 0.3) is 10.9 Å². The van der Waals surface area contributed by atoms with Crippen molar-refractivity contribution < 1.29 is 15.0 Å². The lowest BCUT2D eigenvalue weighted by Gasteiger charge is -2.17. The third-order valence-corrected chi connectivity index (χ3v) is 3.57. The first-order valence-corrected chi connectivity index (χ1v) is 6.49. The van der Waals surface area contributed by atoms with Gasteiger partial charge in [-0.2, -0.15) is 5.10 Å². The Labute approximate surface area is 108 Å². The van der Waals surface area contributed by atoms with Gasteiger partial charge in [0.25, 0.3) is 0 Å². The van der Waals surface area contributed by atoms with E-state index in [2.05, 4.69) is 10.2 Å². The summed E-state index contributed by atoms with van der Waals surface area (Å²) >= 11 is 0.997. The molecule has 6 heteroatoms. The zero-order valence-corrected chi connectivity index (χ0v) is 10.6. The number of aromatic nitrogens is 2. The summed E-state index contributed by atoms with van der Waals surface area (Å²) in [6, 6.07) is 5.36. The summed E-state index contributed by atoms with van der Waals surface area (Å²) in [5.41, 5.74) is 1.41. The van der Waals surface area contributed by atoms with Gasteiger partial charge in [0, 0.05) is 18.1 Å². The van der Waals surface area contributed by atoms with Gasteiger partial charge < -0.3 is 10.2 Å². The van der Waals surface area contributed by atoms with Crippen LogP contribution in [-0.4, -0.2) is 37.4 Å². The van der Waals surface area contributed by atoms with Crippen LogP contribution in [0.5, 0.6) is 0 Å². The lowest BCUT2D eigenvalue weighted by atomic mass is 10.0. The molecule has 2 rings (SSSR count). The molecule has 5 nitrogen and oxygen atoms in total. The summed E-state index contributed by atoms with van der Waals surface area (Å²) < 4.78 is 0. The topological polar surface area (TPSA) is 86.2 Å². The van der Waals surface area contributed by atoms with E-state index >= 15 is 0 Å². The second kappa shape index (κ2) is 5.51. The normalized spacial score (nSPS) is 14.6. The predicted octanol–water partition coefficient (Wildman–Crippen LogP) is 1.24. The summed E-state index contributed by atoms with van der Waals surface area (Å²) in [6.45, 7) is 1.43.